The summed E-state index contributed by atoms with van der Waals surface area (Å²) in [5.41, 5.74) is 0. The van der Waals surface area contributed by atoms with Crippen LogP contribution in [0.4, 0.5) is 0 Å². The normalized spacial score (nSPS) is 14.9. The van der Waals surface area contributed by atoms with Gasteiger partial charge in [-0.05, 0) is 102 Å². The van der Waals surface area contributed by atoms with Crippen LogP contribution in [0.15, 0.2) is 0 Å². The smallest absolute Gasteiger partial charge is 0.381 e. The molecule has 0 radical (unpaired) electrons. The molecule has 10 heteroatoms. The molecule has 1 rings (SSSR count). The second kappa shape index (κ2) is 31.9. The molecule has 1 atom stereocenters. The van der Waals surface area contributed by atoms with Gasteiger partial charge in [-0.2, -0.15) is 9.78 Å². The van der Waals surface area contributed by atoms with Crippen LogP contribution in [0.25, 0.3) is 0 Å². The monoisotopic (exact) mass is 758 g/mol. The van der Waals surface area contributed by atoms with Gasteiger partial charge in [0.25, 0.3) is 5.79 Å². The lowest BCUT2D eigenvalue weighted by atomic mass is 9.96. The number of hydrogen-bond acceptors (Lipinski definition) is 10. The second-order valence-corrected chi connectivity index (χ2v) is 15.2. The third-order valence-electron chi connectivity index (χ3n) is 11.0. The van der Waals surface area contributed by atoms with Gasteiger partial charge in [-0.15, -0.1) is 0 Å². The van der Waals surface area contributed by atoms with E-state index in [1.54, 1.807) is 0 Å². The maximum Gasteiger partial charge on any atom is 0.401 e. The highest BCUT2D eigenvalue weighted by atomic mass is 17.2. The van der Waals surface area contributed by atoms with Crippen LogP contribution in [0.3, 0.4) is 0 Å². The molecule has 0 aromatic rings. The first-order valence-corrected chi connectivity index (χ1v) is 22.1. The van der Waals surface area contributed by atoms with Crippen LogP contribution in [-0.4, -0.2) is 67.9 Å². The number of unbranched alkanes of at least 4 members (excludes halogenated alkanes) is 7. The van der Waals surface area contributed by atoms with Gasteiger partial charge >= 0.3 is 11.9 Å². The molecule has 10 nitrogen and oxygen atoms in total. The van der Waals surface area contributed by atoms with Crippen molar-refractivity contribution in [1.29, 1.82) is 0 Å². The van der Waals surface area contributed by atoms with Crippen LogP contribution in [0, 0.1) is 5.92 Å². The standard InChI is InChI=1S/C43H83NO9/c1-9-37(10-2)48-43(49-38(11-3)12-4,42(46)53-51-40(15-7)16-8)31-25-21-20-23-27-36(44-34-35-29-32-47-33-30-35)26-22-18-17-19-24-28-41(45)52-50-39(13-5)14-6/h35-40,44H,9-34H2,1-8H3. The molecule has 1 N–H and O–H groups in total. The highest BCUT2D eigenvalue weighted by Crippen LogP contribution is 2.31. The van der Waals surface area contributed by atoms with Crippen LogP contribution in [-0.2, 0) is 43.3 Å². The molecule has 1 unspecified atom stereocenters. The molecular formula is C43H83NO9. The van der Waals surface area contributed by atoms with E-state index in [0.717, 1.165) is 142 Å². The molecule has 0 aromatic carbocycles. The fraction of sp³-hybridized carbons (Fsp3) is 0.953. The number of ether oxygens (including phenoxy) is 3. The van der Waals surface area contributed by atoms with Gasteiger partial charge < -0.3 is 19.5 Å². The Morgan fingerprint density at radius 3 is 1.57 bits per heavy atom. The second-order valence-electron chi connectivity index (χ2n) is 15.2. The molecule has 314 valence electrons. The van der Waals surface area contributed by atoms with Gasteiger partial charge in [0.05, 0.1) is 12.2 Å². The van der Waals surface area contributed by atoms with Gasteiger partial charge in [-0.3, -0.25) is 9.78 Å². The Bertz CT molecular complexity index is 854. The van der Waals surface area contributed by atoms with Gasteiger partial charge in [-0.1, -0.05) is 100 Å². The van der Waals surface area contributed by atoms with Crippen molar-refractivity contribution < 1.29 is 43.3 Å². The summed E-state index contributed by atoms with van der Waals surface area (Å²) in [6, 6.07) is 0.489. The van der Waals surface area contributed by atoms with Crippen molar-refractivity contribution in [3.05, 3.63) is 0 Å². The molecular weight excluding hydrogens is 674 g/mol. The first-order chi connectivity index (χ1) is 25.7. The van der Waals surface area contributed by atoms with E-state index in [2.05, 4.69) is 33.0 Å². The first-order valence-electron chi connectivity index (χ1n) is 22.1. The minimum atomic E-state index is -1.48. The molecule has 0 amide bonds. The van der Waals surface area contributed by atoms with Crippen LogP contribution in [0.1, 0.15) is 203 Å². The lowest BCUT2D eigenvalue weighted by molar-refractivity contribution is -0.345. The van der Waals surface area contributed by atoms with Crippen LogP contribution >= 0.6 is 0 Å². The van der Waals surface area contributed by atoms with E-state index in [9.17, 15) is 9.59 Å². The van der Waals surface area contributed by atoms with Crippen LogP contribution in [0.2, 0.25) is 0 Å². The third-order valence-corrected chi connectivity index (χ3v) is 11.0. The number of carbonyl (C=O) groups is 2. The number of nitrogens with one attached hydrogen (secondary N) is 1. The Kier molecular flexibility index (Phi) is 29.9. The minimum absolute atomic E-state index is 0.0145. The third kappa shape index (κ3) is 22.1. The maximum atomic E-state index is 13.8. The predicted octanol–water partition coefficient (Wildman–Crippen LogP) is 10.9. The molecule has 1 heterocycles. The van der Waals surface area contributed by atoms with Crippen molar-refractivity contribution in [3.8, 4) is 0 Å². The number of rotatable bonds is 35. The van der Waals surface area contributed by atoms with Gasteiger partial charge in [0.1, 0.15) is 12.2 Å². The van der Waals surface area contributed by atoms with Crippen molar-refractivity contribution in [2.45, 2.75) is 239 Å². The fourth-order valence-electron chi connectivity index (χ4n) is 6.91. The summed E-state index contributed by atoms with van der Waals surface area (Å²) in [6.07, 6.45) is 20.7. The fourth-order valence-corrected chi connectivity index (χ4v) is 6.91. The lowest BCUT2D eigenvalue weighted by Crippen LogP contribution is -2.50. The SMILES string of the molecule is CCC(CC)OOC(=O)CCCCCCCC(CCCCCCC(OC(CC)CC)(OC(CC)CC)C(=O)OOC(CC)CC)NCC1CCOCC1. The largest absolute Gasteiger partial charge is 0.401 e. The average molecular weight is 758 g/mol. The number of carbonyl (C=O) groups excluding carboxylic acids is 2. The average Bonchev–Trinajstić information content (AvgIpc) is 3.19. The van der Waals surface area contributed by atoms with E-state index in [-0.39, 0.29) is 30.4 Å². The van der Waals surface area contributed by atoms with E-state index < -0.39 is 11.8 Å². The summed E-state index contributed by atoms with van der Waals surface area (Å²) in [4.78, 5) is 47.1. The van der Waals surface area contributed by atoms with Gasteiger partial charge in [0.2, 0.25) is 0 Å². The molecule has 0 aromatic heterocycles. The van der Waals surface area contributed by atoms with Crippen molar-refractivity contribution in [2.75, 3.05) is 19.8 Å². The predicted molar refractivity (Wildman–Crippen MR) is 212 cm³/mol. The van der Waals surface area contributed by atoms with Gasteiger partial charge in [0.15, 0.2) is 0 Å². The lowest BCUT2D eigenvalue weighted by Gasteiger charge is -2.37. The van der Waals surface area contributed by atoms with E-state index in [0.29, 0.717) is 24.8 Å². The van der Waals surface area contributed by atoms with E-state index in [1.807, 2.05) is 27.7 Å². The minimum Gasteiger partial charge on any atom is -0.381 e. The quantitative estimate of drug-likeness (QED) is 0.0290. The van der Waals surface area contributed by atoms with Crippen molar-refractivity contribution in [2.24, 2.45) is 5.92 Å². The zero-order chi connectivity index (χ0) is 39.2. The van der Waals surface area contributed by atoms with Crippen LogP contribution in [0.5, 0.6) is 0 Å². The highest BCUT2D eigenvalue weighted by Gasteiger charge is 2.46. The summed E-state index contributed by atoms with van der Waals surface area (Å²) >= 11 is 0. The van der Waals surface area contributed by atoms with Gasteiger partial charge in [-0.25, -0.2) is 9.59 Å². The summed E-state index contributed by atoms with van der Waals surface area (Å²) < 4.78 is 18.7. The van der Waals surface area contributed by atoms with Gasteiger partial charge in [0, 0.05) is 32.1 Å². The molecule has 1 aliphatic rings. The molecule has 53 heavy (non-hydrogen) atoms. The summed E-state index contributed by atoms with van der Waals surface area (Å²) in [5, 5.41) is 3.93. The molecule has 0 bridgehead atoms. The van der Waals surface area contributed by atoms with E-state index in [1.165, 1.54) is 12.8 Å². The summed E-state index contributed by atoms with van der Waals surface area (Å²) in [7, 11) is 0. The summed E-state index contributed by atoms with van der Waals surface area (Å²) in [6.45, 7) is 19.2. The number of hydrogen-bond donors (Lipinski definition) is 1. The topological polar surface area (TPSA) is 111 Å². The molecule has 0 spiro atoms. The Hall–Kier alpha value is -1.30. The molecule has 0 saturated carbocycles. The maximum absolute atomic E-state index is 13.8. The molecule has 1 aliphatic heterocycles. The Labute approximate surface area is 325 Å². The van der Waals surface area contributed by atoms with Crippen molar-refractivity contribution in [1.82, 2.24) is 5.32 Å². The first kappa shape index (κ1) is 49.7. The zero-order valence-corrected chi connectivity index (χ0v) is 35.5. The van der Waals surface area contributed by atoms with Crippen molar-refractivity contribution >= 4 is 11.9 Å². The van der Waals surface area contributed by atoms with Crippen molar-refractivity contribution in [3.63, 3.8) is 0 Å². The Balaban J connectivity index is 2.70. The zero-order valence-electron chi connectivity index (χ0n) is 35.5. The molecule has 0 aliphatic carbocycles. The van der Waals surface area contributed by atoms with E-state index in [4.69, 9.17) is 33.8 Å². The molecule has 1 saturated heterocycles. The van der Waals surface area contributed by atoms with Crippen LogP contribution < -0.4 is 5.32 Å². The highest BCUT2D eigenvalue weighted by molar-refractivity contribution is 5.77. The van der Waals surface area contributed by atoms with E-state index >= 15 is 0 Å². The summed E-state index contributed by atoms with van der Waals surface area (Å²) in [5.74, 6) is -1.61. The Morgan fingerprint density at radius 2 is 1.06 bits per heavy atom. The Morgan fingerprint density at radius 1 is 0.604 bits per heavy atom. The molecule has 1 fully saturated rings.